The SMILES string of the molecule is Cc1cnc(-c2cc(OCC3CN(C4OC4OC(C)(C)C)C3)cc(C(=O)N[C@H](C)c3cnc(C(F)(F)F)nc3)c2)s1. The second kappa shape index (κ2) is 11.3. The van der Waals surface area contributed by atoms with Gasteiger partial charge < -0.3 is 19.5 Å². The van der Waals surface area contributed by atoms with Crippen molar-refractivity contribution in [2.24, 2.45) is 5.92 Å². The van der Waals surface area contributed by atoms with Crippen LogP contribution in [0.2, 0.25) is 0 Å². The van der Waals surface area contributed by atoms with Gasteiger partial charge in [0.05, 0.1) is 18.2 Å². The molecule has 220 valence electrons. The van der Waals surface area contributed by atoms with Crippen molar-refractivity contribution in [3.05, 3.63) is 58.6 Å². The molecule has 9 nitrogen and oxygen atoms in total. The van der Waals surface area contributed by atoms with E-state index in [1.54, 1.807) is 25.3 Å². The average molecular weight is 592 g/mol. The molecule has 2 aliphatic rings. The first-order valence-electron chi connectivity index (χ1n) is 13.2. The fraction of sp³-hybridized carbons (Fsp3) is 0.500. The highest BCUT2D eigenvalue weighted by Crippen LogP contribution is 2.36. The highest BCUT2D eigenvalue weighted by molar-refractivity contribution is 7.14. The summed E-state index contributed by atoms with van der Waals surface area (Å²) in [5.74, 6) is -0.813. The molecule has 0 radical (unpaired) electrons. The lowest BCUT2D eigenvalue weighted by molar-refractivity contribution is -0.145. The van der Waals surface area contributed by atoms with Gasteiger partial charge in [-0.15, -0.1) is 11.3 Å². The summed E-state index contributed by atoms with van der Waals surface area (Å²) in [6.07, 6.45) is -0.962. The Hall–Kier alpha value is -3.13. The van der Waals surface area contributed by atoms with Gasteiger partial charge in [-0.1, -0.05) is 0 Å². The lowest BCUT2D eigenvalue weighted by Gasteiger charge is -2.38. The number of carbonyl (C=O) groups is 1. The molecule has 0 bridgehead atoms. The predicted octanol–water partition coefficient (Wildman–Crippen LogP) is 5.23. The Bertz CT molecular complexity index is 1390. The quantitative estimate of drug-likeness (QED) is 0.338. The summed E-state index contributed by atoms with van der Waals surface area (Å²) < 4.78 is 56.1. The van der Waals surface area contributed by atoms with Crippen molar-refractivity contribution >= 4 is 17.2 Å². The zero-order valence-corrected chi connectivity index (χ0v) is 24.2. The number of aryl methyl sites for hydroxylation is 1. The van der Waals surface area contributed by atoms with Crippen molar-refractivity contribution in [2.75, 3.05) is 19.7 Å². The van der Waals surface area contributed by atoms with Crippen LogP contribution in [0.1, 0.15) is 60.4 Å². The van der Waals surface area contributed by atoms with E-state index < -0.39 is 23.9 Å². The van der Waals surface area contributed by atoms with Gasteiger partial charge in [-0.05, 0) is 52.8 Å². The van der Waals surface area contributed by atoms with E-state index in [2.05, 4.69) is 25.2 Å². The number of amides is 1. The molecule has 0 spiro atoms. The molecule has 1 aromatic carbocycles. The van der Waals surface area contributed by atoms with Crippen LogP contribution in [-0.4, -0.2) is 63.6 Å². The molecule has 2 saturated heterocycles. The second-order valence-corrected chi connectivity index (χ2v) is 12.5. The Morgan fingerprint density at radius 3 is 2.46 bits per heavy atom. The van der Waals surface area contributed by atoms with Crippen LogP contribution in [0.5, 0.6) is 5.75 Å². The minimum absolute atomic E-state index is 0.0192. The molecular formula is C28H32F3N5O4S. The standard InChI is InChI=1S/C28H32F3N5O4S/c1-15-9-32-23(41-15)19-6-18(22(37)35-16(2)20-10-33-26(34-11-20)28(29,30)31)7-21(8-19)38-14-17-12-36(13-17)24-25(39-24)40-27(3,4)5/h6-11,16-17,24-25H,12-14H2,1-5H3,(H,35,37)/t16-,24?,25?/m1/s1. The number of nitrogens with zero attached hydrogens (tertiary/aromatic N) is 4. The van der Waals surface area contributed by atoms with Crippen LogP contribution < -0.4 is 10.1 Å². The molecule has 2 aromatic heterocycles. The average Bonchev–Trinajstić information content (AvgIpc) is 3.45. The number of alkyl halides is 3. The Kier molecular flexibility index (Phi) is 8.07. The van der Waals surface area contributed by atoms with E-state index in [1.807, 2.05) is 33.8 Å². The van der Waals surface area contributed by atoms with E-state index in [0.29, 0.717) is 29.4 Å². The Morgan fingerprint density at radius 2 is 1.85 bits per heavy atom. The van der Waals surface area contributed by atoms with Crippen molar-refractivity contribution < 1.29 is 32.2 Å². The van der Waals surface area contributed by atoms with Gasteiger partial charge in [0.15, 0.2) is 12.5 Å². The predicted molar refractivity (Wildman–Crippen MR) is 145 cm³/mol. The summed E-state index contributed by atoms with van der Waals surface area (Å²) in [5.41, 5.74) is 1.16. The third-order valence-electron chi connectivity index (χ3n) is 6.54. The third kappa shape index (κ3) is 7.39. The van der Waals surface area contributed by atoms with Crippen molar-refractivity contribution in [1.29, 1.82) is 0 Å². The van der Waals surface area contributed by atoms with Gasteiger partial charge in [0.1, 0.15) is 10.8 Å². The van der Waals surface area contributed by atoms with Crippen LogP contribution in [-0.2, 0) is 15.7 Å². The first-order chi connectivity index (χ1) is 19.2. The fourth-order valence-corrected chi connectivity index (χ4v) is 5.17. The number of halogens is 3. The Balaban J connectivity index is 1.23. The van der Waals surface area contributed by atoms with Crippen LogP contribution in [0.4, 0.5) is 13.2 Å². The second-order valence-electron chi connectivity index (χ2n) is 11.3. The van der Waals surface area contributed by atoms with Gasteiger partial charge in [0.2, 0.25) is 5.82 Å². The van der Waals surface area contributed by atoms with Crippen LogP contribution >= 0.6 is 11.3 Å². The van der Waals surface area contributed by atoms with E-state index >= 15 is 0 Å². The van der Waals surface area contributed by atoms with Crippen molar-refractivity contribution in [1.82, 2.24) is 25.2 Å². The topological polar surface area (TPSA) is 102 Å². The molecule has 2 fully saturated rings. The summed E-state index contributed by atoms with van der Waals surface area (Å²) in [6, 6.07) is 4.61. The van der Waals surface area contributed by atoms with Crippen molar-refractivity contribution in [2.45, 2.75) is 65.0 Å². The van der Waals surface area contributed by atoms with Gasteiger partial charge in [-0.3, -0.25) is 9.69 Å². The Labute approximate surface area is 240 Å². The molecule has 13 heteroatoms. The highest BCUT2D eigenvalue weighted by Gasteiger charge is 2.50. The van der Waals surface area contributed by atoms with Gasteiger partial charge in [0, 0.05) is 59.2 Å². The molecule has 4 heterocycles. The summed E-state index contributed by atoms with van der Waals surface area (Å²) in [6.45, 7) is 11.7. The fourth-order valence-electron chi connectivity index (χ4n) is 4.42. The molecule has 3 aromatic rings. The molecule has 0 saturated carbocycles. The molecular weight excluding hydrogens is 559 g/mol. The molecule has 0 aliphatic carbocycles. The summed E-state index contributed by atoms with van der Waals surface area (Å²) in [5, 5.41) is 3.56. The highest BCUT2D eigenvalue weighted by atomic mass is 32.1. The van der Waals surface area contributed by atoms with Crippen molar-refractivity contribution in [3.63, 3.8) is 0 Å². The lowest BCUT2D eigenvalue weighted by Crippen LogP contribution is -2.51. The maximum Gasteiger partial charge on any atom is 0.451 e. The summed E-state index contributed by atoms with van der Waals surface area (Å²) in [4.78, 5) is 27.7. The number of likely N-dealkylation sites (tertiary alicyclic amines) is 1. The monoisotopic (exact) mass is 591 g/mol. The minimum Gasteiger partial charge on any atom is -0.493 e. The number of epoxide rings is 1. The van der Waals surface area contributed by atoms with Crippen LogP contribution in [0, 0.1) is 12.8 Å². The minimum atomic E-state index is -4.64. The lowest BCUT2D eigenvalue weighted by atomic mass is 10.0. The van der Waals surface area contributed by atoms with E-state index in [9.17, 15) is 18.0 Å². The third-order valence-corrected chi connectivity index (χ3v) is 7.50. The van der Waals surface area contributed by atoms with E-state index in [0.717, 1.165) is 40.9 Å². The number of rotatable bonds is 9. The molecule has 1 N–H and O–H groups in total. The van der Waals surface area contributed by atoms with Gasteiger partial charge >= 0.3 is 6.18 Å². The van der Waals surface area contributed by atoms with E-state index in [-0.39, 0.29) is 18.1 Å². The van der Waals surface area contributed by atoms with Crippen LogP contribution in [0.3, 0.4) is 0 Å². The van der Waals surface area contributed by atoms with Gasteiger partial charge in [-0.2, -0.15) is 13.2 Å². The number of hydrogen-bond acceptors (Lipinski definition) is 9. The molecule has 5 rings (SSSR count). The number of benzene rings is 1. The smallest absolute Gasteiger partial charge is 0.451 e. The van der Waals surface area contributed by atoms with E-state index in [4.69, 9.17) is 14.2 Å². The van der Waals surface area contributed by atoms with Crippen LogP contribution in [0.25, 0.3) is 10.6 Å². The van der Waals surface area contributed by atoms with E-state index in [1.165, 1.54) is 11.3 Å². The molecule has 3 atom stereocenters. The summed E-state index contributed by atoms with van der Waals surface area (Å²) >= 11 is 1.50. The number of thiazole rings is 1. The number of nitrogens with one attached hydrogen (secondary N) is 1. The molecule has 41 heavy (non-hydrogen) atoms. The zero-order valence-electron chi connectivity index (χ0n) is 23.4. The number of hydrogen-bond donors (Lipinski definition) is 1. The molecule has 2 unspecified atom stereocenters. The van der Waals surface area contributed by atoms with Gasteiger partial charge in [0.25, 0.3) is 5.91 Å². The number of carbonyl (C=O) groups excluding carboxylic acids is 1. The van der Waals surface area contributed by atoms with Crippen molar-refractivity contribution in [3.8, 4) is 16.3 Å². The largest absolute Gasteiger partial charge is 0.493 e. The molecule has 2 aliphatic heterocycles. The first kappa shape index (κ1) is 29.4. The Morgan fingerprint density at radius 1 is 1.15 bits per heavy atom. The van der Waals surface area contributed by atoms with Gasteiger partial charge in [-0.25, -0.2) is 15.0 Å². The number of ether oxygens (including phenoxy) is 3. The molecule has 1 amide bonds. The normalized spacial score (nSPS) is 20.4. The maximum absolute atomic E-state index is 13.2. The summed E-state index contributed by atoms with van der Waals surface area (Å²) in [7, 11) is 0. The zero-order chi connectivity index (χ0) is 29.5. The van der Waals surface area contributed by atoms with Crippen LogP contribution in [0.15, 0.2) is 36.8 Å². The number of aromatic nitrogens is 3. The maximum atomic E-state index is 13.2. The first-order valence-corrected chi connectivity index (χ1v) is 14.0.